The fourth-order valence-corrected chi connectivity index (χ4v) is 9.38. The van der Waals surface area contributed by atoms with Crippen molar-refractivity contribution >= 4 is 39.9 Å². The Kier molecular flexibility index (Phi) is 7.86. The van der Waals surface area contributed by atoms with Crippen molar-refractivity contribution in [2.75, 3.05) is 9.80 Å². The minimum absolute atomic E-state index is 0.0712. The molecule has 0 saturated heterocycles. The zero-order valence-electron chi connectivity index (χ0n) is 31.4. The van der Waals surface area contributed by atoms with Crippen LogP contribution in [0.4, 0.5) is 34.1 Å². The van der Waals surface area contributed by atoms with Crippen molar-refractivity contribution in [3.8, 4) is 0 Å². The van der Waals surface area contributed by atoms with Gasteiger partial charge in [-0.1, -0.05) is 159 Å². The van der Waals surface area contributed by atoms with Gasteiger partial charge in [-0.05, 0) is 94.0 Å². The summed E-state index contributed by atoms with van der Waals surface area (Å²) in [5.41, 5.74) is 13.6. The van der Waals surface area contributed by atoms with E-state index in [-0.39, 0.29) is 11.2 Å². The topological polar surface area (TPSA) is 23.6 Å². The lowest BCUT2D eigenvalue weighted by molar-refractivity contribution is 0.103. The molecule has 0 atom stereocenters. The molecular formula is C53H40N2O. The van der Waals surface area contributed by atoms with Crippen LogP contribution in [0.2, 0.25) is 0 Å². The Bertz CT molecular complexity index is 2660. The van der Waals surface area contributed by atoms with Gasteiger partial charge in [-0.25, -0.2) is 0 Å². The fraction of sp³-hybridized carbons (Fsp3) is 0.0755. The summed E-state index contributed by atoms with van der Waals surface area (Å²) in [4.78, 5) is 19.1. The largest absolute Gasteiger partial charge is 0.310 e. The Morgan fingerprint density at radius 3 is 1.54 bits per heavy atom. The molecule has 1 heterocycles. The molecule has 56 heavy (non-hydrogen) atoms. The summed E-state index contributed by atoms with van der Waals surface area (Å²) in [7, 11) is 0. The van der Waals surface area contributed by atoms with Gasteiger partial charge < -0.3 is 9.80 Å². The normalized spacial score (nSPS) is 14.5. The molecule has 0 aromatic heterocycles. The van der Waals surface area contributed by atoms with Crippen LogP contribution in [0.3, 0.4) is 0 Å². The van der Waals surface area contributed by atoms with Gasteiger partial charge in [-0.3, -0.25) is 4.79 Å². The first kappa shape index (κ1) is 33.6. The summed E-state index contributed by atoms with van der Waals surface area (Å²) in [6.45, 7) is 4.45. The highest BCUT2D eigenvalue weighted by atomic mass is 16.1. The zero-order chi connectivity index (χ0) is 37.9. The number of para-hydroxylation sites is 3. The third kappa shape index (κ3) is 5.01. The molecule has 8 aromatic rings. The van der Waals surface area contributed by atoms with Crippen molar-refractivity contribution in [2.24, 2.45) is 0 Å². The van der Waals surface area contributed by atoms with E-state index in [9.17, 15) is 4.79 Å². The first-order valence-electron chi connectivity index (χ1n) is 19.3. The minimum atomic E-state index is -0.676. The average molecular weight is 721 g/mol. The van der Waals surface area contributed by atoms with E-state index in [1.807, 2.05) is 18.2 Å². The molecule has 8 aromatic carbocycles. The lowest BCUT2D eigenvalue weighted by Gasteiger charge is -2.47. The second kappa shape index (κ2) is 13.1. The van der Waals surface area contributed by atoms with Gasteiger partial charge in [0.05, 0.1) is 16.8 Å². The van der Waals surface area contributed by atoms with Crippen LogP contribution in [0.5, 0.6) is 0 Å². The molecule has 0 N–H and O–H groups in total. The Balaban J connectivity index is 1.28. The highest BCUT2D eigenvalue weighted by Gasteiger charge is 2.47. The smallest absolute Gasteiger partial charge is 0.193 e. The molecule has 0 fully saturated rings. The third-order valence-electron chi connectivity index (χ3n) is 11.9. The van der Waals surface area contributed by atoms with Gasteiger partial charge >= 0.3 is 0 Å². The molecule has 10 rings (SSSR count). The van der Waals surface area contributed by atoms with Crippen molar-refractivity contribution in [1.82, 2.24) is 0 Å². The number of hydrogen-bond donors (Lipinski definition) is 0. The van der Waals surface area contributed by atoms with Crippen LogP contribution < -0.4 is 9.80 Å². The quantitative estimate of drug-likeness (QED) is 0.171. The van der Waals surface area contributed by atoms with Gasteiger partial charge in [0.15, 0.2) is 5.78 Å². The van der Waals surface area contributed by atoms with E-state index in [2.05, 4.69) is 212 Å². The second-order valence-corrected chi connectivity index (χ2v) is 15.3. The van der Waals surface area contributed by atoms with Gasteiger partial charge in [-0.2, -0.15) is 0 Å². The highest BCUT2D eigenvalue weighted by molar-refractivity contribution is 6.14. The molecule has 0 radical (unpaired) electrons. The van der Waals surface area contributed by atoms with Crippen LogP contribution in [0.15, 0.2) is 206 Å². The van der Waals surface area contributed by atoms with E-state index < -0.39 is 5.41 Å². The van der Waals surface area contributed by atoms with Crippen LogP contribution in [-0.2, 0) is 10.8 Å². The maximum absolute atomic E-state index is 14.4. The molecule has 2 aliphatic rings. The maximum Gasteiger partial charge on any atom is 0.193 e. The molecule has 1 aliphatic carbocycles. The number of hydrogen-bond acceptors (Lipinski definition) is 3. The van der Waals surface area contributed by atoms with Crippen LogP contribution >= 0.6 is 0 Å². The van der Waals surface area contributed by atoms with Crippen LogP contribution in [0, 0.1) is 0 Å². The first-order valence-corrected chi connectivity index (χ1v) is 19.3. The molecule has 0 unspecified atom stereocenters. The number of carbonyl (C=O) groups is 1. The molecule has 0 spiro atoms. The first-order chi connectivity index (χ1) is 27.5. The Hall–Kier alpha value is -6.97. The number of ketones is 1. The molecule has 1 aliphatic heterocycles. The summed E-state index contributed by atoms with van der Waals surface area (Å²) in [5, 5.41) is 0. The number of fused-ring (bicyclic) bond motifs is 4. The molecule has 0 amide bonds. The summed E-state index contributed by atoms with van der Waals surface area (Å²) in [5.74, 6) is 0.0712. The fourth-order valence-electron chi connectivity index (χ4n) is 9.38. The van der Waals surface area contributed by atoms with E-state index in [0.717, 1.165) is 61.9 Å². The predicted octanol–water partition coefficient (Wildman–Crippen LogP) is 13.2. The molecular weight excluding hydrogens is 681 g/mol. The lowest BCUT2D eigenvalue weighted by Crippen LogP contribution is -2.38. The maximum atomic E-state index is 14.4. The Morgan fingerprint density at radius 1 is 0.411 bits per heavy atom. The van der Waals surface area contributed by atoms with Crippen molar-refractivity contribution in [1.29, 1.82) is 0 Å². The van der Waals surface area contributed by atoms with Gasteiger partial charge in [-0.15, -0.1) is 0 Å². The standard InChI is InChI=1S/C53H40N2O/c1-52(2)45-28-16-15-27-43(45)51(56)44-35-41(31-33-46(44)52)55-49-30-18-17-29-47(49)53(37-19-7-3-8-20-37,38-21-9-4-10-22-38)48-36-42(32-34-50(48)55)54(39-23-11-5-12-24-39)40-25-13-6-14-26-40/h3-36H,1-2H3. The summed E-state index contributed by atoms with van der Waals surface area (Å²) in [6.07, 6.45) is 0. The number of carbonyl (C=O) groups excluding carboxylic acids is 1. The molecule has 0 bridgehead atoms. The monoisotopic (exact) mass is 720 g/mol. The van der Waals surface area contributed by atoms with E-state index in [1.165, 1.54) is 16.7 Å². The van der Waals surface area contributed by atoms with Crippen LogP contribution in [-0.4, -0.2) is 5.78 Å². The average Bonchev–Trinajstić information content (AvgIpc) is 3.26. The highest BCUT2D eigenvalue weighted by Crippen LogP contribution is 2.59. The van der Waals surface area contributed by atoms with Crippen LogP contribution in [0.1, 0.15) is 63.1 Å². The lowest BCUT2D eigenvalue weighted by atomic mass is 9.62. The molecule has 3 nitrogen and oxygen atoms in total. The third-order valence-corrected chi connectivity index (χ3v) is 11.9. The number of nitrogens with zero attached hydrogens (tertiary/aromatic N) is 2. The summed E-state index contributed by atoms with van der Waals surface area (Å²) in [6, 6.07) is 73.3. The molecule has 3 heteroatoms. The van der Waals surface area contributed by atoms with Gasteiger partial charge in [0.2, 0.25) is 0 Å². The van der Waals surface area contributed by atoms with Gasteiger partial charge in [0.25, 0.3) is 0 Å². The number of anilines is 6. The van der Waals surface area contributed by atoms with E-state index in [0.29, 0.717) is 0 Å². The number of benzene rings is 8. The van der Waals surface area contributed by atoms with Crippen molar-refractivity contribution in [3.63, 3.8) is 0 Å². The molecule has 268 valence electrons. The van der Waals surface area contributed by atoms with Crippen molar-refractivity contribution in [2.45, 2.75) is 24.7 Å². The van der Waals surface area contributed by atoms with Crippen LogP contribution in [0.25, 0.3) is 0 Å². The predicted molar refractivity (Wildman–Crippen MR) is 230 cm³/mol. The van der Waals surface area contributed by atoms with E-state index in [4.69, 9.17) is 0 Å². The van der Waals surface area contributed by atoms with Crippen molar-refractivity contribution in [3.05, 3.63) is 251 Å². The Labute approximate surface area is 328 Å². The molecule has 0 saturated carbocycles. The number of rotatable bonds is 6. The summed E-state index contributed by atoms with van der Waals surface area (Å²) >= 11 is 0. The summed E-state index contributed by atoms with van der Waals surface area (Å²) < 4.78 is 0. The van der Waals surface area contributed by atoms with E-state index in [1.54, 1.807) is 0 Å². The van der Waals surface area contributed by atoms with Crippen molar-refractivity contribution < 1.29 is 4.79 Å². The second-order valence-electron chi connectivity index (χ2n) is 15.3. The zero-order valence-corrected chi connectivity index (χ0v) is 31.4. The van der Waals surface area contributed by atoms with E-state index >= 15 is 0 Å². The van der Waals surface area contributed by atoms with Gasteiger partial charge in [0, 0.05) is 39.3 Å². The minimum Gasteiger partial charge on any atom is -0.310 e. The van der Waals surface area contributed by atoms with Gasteiger partial charge in [0.1, 0.15) is 0 Å². The SMILES string of the molecule is CC1(C)c2ccccc2C(=O)c2cc(N3c4ccccc4C(c4ccccc4)(c4ccccc4)c4cc(N(c5ccccc5)c5ccccc5)ccc43)ccc21. The Morgan fingerprint density at radius 2 is 0.911 bits per heavy atom.